The second-order valence-electron chi connectivity index (χ2n) is 4.65. The number of hydrogen-bond donors (Lipinski definition) is 1. The van der Waals surface area contributed by atoms with Gasteiger partial charge in [-0.05, 0) is 37.7 Å². The summed E-state index contributed by atoms with van der Waals surface area (Å²) in [4.78, 5) is 5.25. The molecular formula is C13H19N3S. The lowest BCUT2D eigenvalue weighted by atomic mass is 10.1. The fraction of sp³-hybridized carbons (Fsp3) is 0.462. The van der Waals surface area contributed by atoms with Gasteiger partial charge in [-0.15, -0.1) is 0 Å². The van der Waals surface area contributed by atoms with Crippen LogP contribution < -0.4 is 10.6 Å². The maximum Gasteiger partial charge on any atom is 0.104 e. The van der Waals surface area contributed by atoms with Crippen molar-refractivity contribution in [3.8, 4) is 0 Å². The Hall–Kier alpha value is -1.13. The molecule has 4 heteroatoms. The Morgan fingerprint density at radius 2 is 1.88 bits per heavy atom. The lowest BCUT2D eigenvalue weighted by Gasteiger charge is -2.34. The minimum absolute atomic E-state index is 0.479. The van der Waals surface area contributed by atoms with Gasteiger partial charge in [0.15, 0.2) is 0 Å². The molecular weight excluding hydrogens is 230 g/mol. The number of nitrogens with zero attached hydrogens (tertiary/aromatic N) is 2. The van der Waals surface area contributed by atoms with E-state index in [0.29, 0.717) is 4.99 Å². The van der Waals surface area contributed by atoms with Gasteiger partial charge in [0.25, 0.3) is 0 Å². The van der Waals surface area contributed by atoms with Crippen LogP contribution in [0.2, 0.25) is 0 Å². The summed E-state index contributed by atoms with van der Waals surface area (Å²) in [5.41, 5.74) is 9.09. The largest absolute Gasteiger partial charge is 0.389 e. The fourth-order valence-corrected chi connectivity index (χ4v) is 2.41. The average Bonchev–Trinajstić information content (AvgIpc) is 2.29. The van der Waals surface area contributed by atoms with Crippen LogP contribution in [-0.4, -0.2) is 43.1 Å². The third-order valence-electron chi connectivity index (χ3n) is 3.34. The molecule has 2 rings (SSSR count). The first-order valence-corrected chi connectivity index (χ1v) is 6.32. The van der Waals surface area contributed by atoms with Crippen LogP contribution in [0.1, 0.15) is 11.1 Å². The van der Waals surface area contributed by atoms with Crippen molar-refractivity contribution in [2.24, 2.45) is 5.73 Å². The van der Waals surface area contributed by atoms with E-state index in [1.54, 1.807) is 0 Å². The standard InChI is InChI=1S/C13H19N3S/c1-10-9-11(3-4-12(10)13(14)17)16-7-5-15(2)6-8-16/h3-4,9H,5-8H2,1-2H3,(H2,14,17). The summed E-state index contributed by atoms with van der Waals surface area (Å²) in [5.74, 6) is 0. The molecule has 0 spiro atoms. The van der Waals surface area contributed by atoms with Crippen molar-refractivity contribution in [2.45, 2.75) is 6.92 Å². The summed E-state index contributed by atoms with van der Waals surface area (Å²) in [6, 6.07) is 6.33. The van der Waals surface area contributed by atoms with E-state index in [0.717, 1.165) is 37.3 Å². The second kappa shape index (κ2) is 5.02. The molecule has 92 valence electrons. The van der Waals surface area contributed by atoms with E-state index in [2.05, 4.69) is 35.9 Å². The van der Waals surface area contributed by atoms with Gasteiger partial charge in [-0.1, -0.05) is 12.2 Å². The van der Waals surface area contributed by atoms with Gasteiger partial charge in [0.1, 0.15) is 4.99 Å². The first kappa shape index (κ1) is 12.3. The lowest BCUT2D eigenvalue weighted by molar-refractivity contribution is 0.313. The Bertz CT molecular complexity index is 423. The van der Waals surface area contributed by atoms with Crippen LogP contribution in [0.3, 0.4) is 0 Å². The predicted molar refractivity (Wildman–Crippen MR) is 76.8 cm³/mol. The molecule has 0 aliphatic carbocycles. The topological polar surface area (TPSA) is 32.5 Å². The van der Waals surface area contributed by atoms with Crippen molar-refractivity contribution >= 4 is 22.9 Å². The molecule has 1 aromatic rings. The van der Waals surface area contributed by atoms with Gasteiger partial charge in [0.05, 0.1) is 0 Å². The van der Waals surface area contributed by atoms with Gasteiger partial charge in [-0.3, -0.25) is 0 Å². The monoisotopic (exact) mass is 249 g/mol. The van der Waals surface area contributed by atoms with Gasteiger partial charge in [-0.2, -0.15) is 0 Å². The summed E-state index contributed by atoms with van der Waals surface area (Å²) >= 11 is 5.02. The minimum Gasteiger partial charge on any atom is -0.389 e. The summed E-state index contributed by atoms with van der Waals surface area (Å²) in [7, 11) is 2.17. The summed E-state index contributed by atoms with van der Waals surface area (Å²) in [6.45, 7) is 6.48. The predicted octanol–water partition coefficient (Wildman–Crippen LogP) is 1.38. The normalized spacial score (nSPS) is 17.2. The third-order valence-corrected chi connectivity index (χ3v) is 3.56. The van der Waals surface area contributed by atoms with Crippen LogP contribution in [0, 0.1) is 6.92 Å². The van der Waals surface area contributed by atoms with Crippen molar-refractivity contribution < 1.29 is 0 Å². The zero-order chi connectivity index (χ0) is 12.4. The van der Waals surface area contributed by atoms with Crippen LogP contribution in [0.25, 0.3) is 0 Å². The first-order valence-electron chi connectivity index (χ1n) is 5.92. The number of benzene rings is 1. The molecule has 2 N–H and O–H groups in total. The maximum atomic E-state index is 5.67. The highest BCUT2D eigenvalue weighted by atomic mass is 32.1. The molecule has 17 heavy (non-hydrogen) atoms. The number of hydrogen-bond acceptors (Lipinski definition) is 3. The molecule has 0 atom stereocenters. The van der Waals surface area contributed by atoms with E-state index in [1.807, 2.05) is 6.07 Å². The Morgan fingerprint density at radius 1 is 1.24 bits per heavy atom. The van der Waals surface area contributed by atoms with Crippen molar-refractivity contribution in [1.29, 1.82) is 0 Å². The van der Waals surface area contributed by atoms with Crippen LogP contribution in [0.5, 0.6) is 0 Å². The molecule has 0 saturated carbocycles. The van der Waals surface area contributed by atoms with Crippen LogP contribution >= 0.6 is 12.2 Å². The number of rotatable bonds is 2. The van der Waals surface area contributed by atoms with Gasteiger partial charge >= 0.3 is 0 Å². The molecule has 1 aliphatic heterocycles. The van der Waals surface area contributed by atoms with E-state index < -0.39 is 0 Å². The zero-order valence-electron chi connectivity index (χ0n) is 10.4. The maximum absolute atomic E-state index is 5.67. The van der Waals surface area contributed by atoms with Crippen LogP contribution in [0.4, 0.5) is 5.69 Å². The molecule has 3 nitrogen and oxygen atoms in total. The highest BCUT2D eigenvalue weighted by molar-refractivity contribution is 7.80. The molecule has 0 amide bonds. The molecule has 1 aliphatic rings. The fourth-order valence-electron chi connectivity index (χ4n) is 2.19. The van der Waals surface area contributed by atoms with Crippen molar-refractivity contribution in [2.75, 3.05) is 38.1 Å². The molecule has 1 fully saturated rings. The number of likely N-dealkylation sites (N-methyl/N-ethyl adjacent to an activating group) is 1. The Kier molecular flexibility index (Phi) is 3.64. The number of piperazine rings is 1. The molecule has 1 saturated heterocycles. The molecule has 0 unspecified atom stereocenters. The molecule has 0 radical (unpaired) electrons. The van der Waals surface area contributed by atoms with Crippen molar-refractivity contribution in [1.82, 2.24) is 4.90 Å². The summed E-state index contributed by atoms with van der Waals surface area (Å²) < 4.78 is 0. The van der Waals surface area contributed by atoms with Crippen molar-refractivity contribution in [3.05, 3.63) is 29.3 Å². The van der Waals surface area contributed by atoms with Gasteiger partial charge in [-0.25, -0.2) is 0 Å². The summed E-state index contributed by atoms with van der Waals surface area (Å²) in [6.07, 6.45) is 0. The Balaban J connectivity index is 2.17. The summed E-state index contributed by atoms with van der Waals surface area (Å²) in [5, 5.41) is 0. The first-order chi connectivity index (χ1) is 8.08. The van der Waals surface area contributed by atoms with Gasteiger partial charge < -0.3 is 15.5 Å². The van der Waals surface area contributed by atoms with Crippen LogP contribution in [-0.2, 0) is 0 Å². The highest BCUT2D eigenvalue weighted by Gasteiger charge is 2.14. The third kappa shape index (κ3) is 2.76. The van der Waals surface area contributed by atoms with E-state index in [-0.39, 0.29) is 0 Å². The van der Waals surface area contributed by atoms with Crippen molar-refractivity contribution in [3.63, 3.8) is 0 Å². The van der Waals surface area contributed by atoms with Gasteiger partial charge in [0, 0.05) is 37.4 Å². The quantitative estimate of drug-likeness (QED) is 0.803. The van der Waals surface area contributed by atoms with E-state index in [1.165, 1.54) is 5.69 Å². The van der Waals surface area contributed by atoms with E-state index in [9.17, 15) is 0 Å². The highest BCUT2D eigenvalue weighted by Crippen LogP contribution is 2.20. The number of thiocarbonyl (C=S) groups is 1. The Morgan fingerprint density at radius 3 is 2.41 bits per heavy atom. The number of nitrogens with two attached hydrogens (primary N) is 1. The van der Waals surface area contributed by atoms with E-state index in [4.69, 9.17) is 18.0 Å². The molecule has 0 bridgehead atoms. The number of aryl methyl sites for hydroxylation is 1. The zero-order valence-corrected chi connectivity index (χ0v) is 11.3. The van der Waals surface area contributed by atoms with Gasteiger partial charge in [0.2, 0.25) is 0 Å². The lowest BCUT2D eigenvalue weighted by Crippen LogP contribution is -2.44. The molecule has 1 heterocycles. The Labute approximate surface area is 108 Å². The molecule has 0 aromatic heterocycles. The second-order valence-corrected chi connectivity index (χ2v) is 5.09. The SMILES string of the molecule is Cc1cc(N2CCN(C)CC2)ccc1C(N)=S. The van der Waals surface area contributed by atoms with Crippen LogP contribution in [0.15, 0.2) is 18.2 Å². The average molecular weight is 249 g/mol. The number of anilines is 1. The molecule has 1 aromatic carbocycles. The smallest absolute Gasteiger partial charge is 0.104 e. The minimum atomic E-state index is 0.479. The van der Waals surface area contributed by atoms with E-state index >= 15 is 0 Å².